The monoisotopic (exact) mass is 298 g/mol. The van der Waals surface area contributed by atoms with Crippen LogP contribution in [0, 0.1) is 5.82 Å². The molecule has 1 aromatic heterocycles. The van der Waals surface area contributed by atoms with Gasteiger partial charge in [0, 0.05) is 21.7 Å². The lowest BCUT2D eigenvalue weighted by Crippen LogP contribution is -2.14. The zero-order valence-electron chi connectivity index (χ0n) is 11.1. The molecule has 19 heavy (non-hydrogen) atoms. The smallest absolute Gasteiger partial charge is 0.180 e. The number of nitrogens with zero attached hydrogens (tertiary/aromatic N) is 1. The predicted molar refractivity (Wildman–Crippen MR) is 79.4 cm³/mol. The van der Waals surface area contributed by atoms with Crippen LogP contribution >= 0.6 is 22.9 Å². The standard InChI is InChI=1S/C14H16ClFN2S/c1-14(2,3)12-11(19-13(17)18-12)7-8-6-9(15)4-5-10(8)16/h4-6H,7H2,1-3H3,(H2,17,18). The number of benzene rings is 1. The van der Waals surface area contributed by atoms with Crippen LogP contribution < -0.4 is 5.73 Å². The van der Waals surface area contributed by atoms with Gasteiger partial charge in [-0.2, -0.15) is 0 Å². The van der Waals surface area contributed by atoms with Crippen LogP contribution in [0.2, 0.25) is 5.02 Å². The van der Waals surface area contributed by atoms with Gasteiger partial charge in [0.05, 0.1) is 5.69 Å². The number of nitrogen functional groups attached to an aromatic ring is 1. The molecule has 1 aromatic carbocycles. The Labute approximate surface area is 121 Å². The molecule has 102 valence electrons. The van der Waals surface area contributed by atoms with Gasteiger partial charge in [0.1, 0.15) is 5.82 Å². The highest BCUT2D eigenvalue weighted by molar-refractivity contribution is 7.15. The van der Waals surface area contributed by atoms with Gasteiger partial charge < -0.3 is 5.73 Å². The van der Waals surface area contributed by atoms with E-state index in [1.165, 1.54) is 17.4 Å². The first-order valence-corrected chi connectivity index (χ1v) is 7.16. The summed E-state index contributed by atoms with van der Waals surface area (Å²) in [5.74, 6) is -0.253. The molecule has 0 radical (unpaired) electrons. The summed E-state index contributed by atoms with van der Waals surface area (Å²) in [5, 5.41) is 1.05. The first-order chi connectivity index (χ1) is 8.77. The maximum atomic E-state index is 13.8. The van der Waals surface area contributed by atoms with Crippen molar-refractivity contribution in [3.63, 3.8) is 0 Å². The van der Waals surface area contributed by atoms with Crippen LogP contribution in [0.3, 0.4) is 0 Å². The largest absolute Gasteiger partial charge is 0.375 e. The minimum absolute atomic E-state index is 0.113. The molecule has 5 heteroatoms. The lowest BCUT2D eigenvalue weighted by atomic mass is 9.90. The van der Waals surface area contributed by atoms with E-state index < -0.39 is 0 Å². The summed E-state index contributed by atoms with van der Waals surface area (Å²) in [6.45, 7) is 6.21. The van der Waals surface area contributed by atoms with Gasteiger partial charge in [-0.05, 0) is 23.8 Å². The van der Waals surface area contributed by atoms with Gasteiger partial charge in [-0.25, -0.2) is 9.37 Å². The number of halogens is 2. The number of anilines is 1. The third-order valence-corrected chi connectivity index (χ3v) is 3.90. The summed E-state index contributed by atoms with van der Waals surface area (Å²) in [6, 6.07) is 4.59. The van der Waals surface area contributed by atoms with Crippen molar-refractivity contribution in [2.24, 2.45) is 0 Å². The van der Waals surface area contributed by atoms with Gasteiger partial charge in [0.15, 0.2) is 5.13 Å². The fourth-order valence-corrected chi connectivity index (χ4v) is 3.19. The second kappa shape index (κ2) is 5.10. The fraction of sp³-hybridized carbons (Fsp3) is 0.357. The van der Waals surface area contributed by atoms with E-state index in [-0.39, 0.29) is 11.2 Å². The number of nitrogens with two attached hydrogens (primary N) is 1. The lowest BCUT2D eigenvalue weighted by Gasteiger charge is -2.17. The van der Waals surface area contributed by atoms with E-state index >= 15 is 0 Å². The van der Waals surface area contributed by atoms with Gasteiger partial charge >= 0.3 is 0 Å². The van der Waals surface area contributed by atoms with Crippen molar-refractivity contribution in [3.8, 4) is 0 Å². The van der Waals surface area contributed by atoms with Gasteiger partial charge in [0.25, 0.3) is 0 Å². The van der Waals surface area contributed by atoms with Gasteiger partial charge in [-0.15, -0.1) is 11.3 Å². The summed E-state index contributed by atoms with van der Waals surface area (Å²) >= 11 is 7.32. The number of rotatable bonds is 2. The molecule has 0 spiro atoms. The highest BCUT2D eigenvalue weighted by atomic mass is 35.5. The first kappa shape index (κ1) is 14.3. The third-order valence-electron chi connectivity index (χ3n) is 2.78. The quantitative estimate of drug-likeness (QED) is 0.892. The molecule has 2 rings (SSSR count). The average Bonchev–Trinajstić information content (AvgIpc) is 2.65. The fourth-order valence-electron chi connectivity index (χ4n) is 1.93. The van der Waals surface area contributed by atoms with Crippen LogP contribution in [0.5, 0.6) is 0 Å². The molecule has 2 aromatic rings. The maximum Gasteiger partial charge on any atom is 0.180 e. The Hall–Kier alpha value is -1.13. The highest BCUT2D eigenvalue weighted by Gasteiger charge is 2.23. The van der Waals surface area contributed by atoms with Crippen LogP contribution in [0.4, 0.5) is 9.52 Å². The van der Waals surface area contributed by atoms with Crippen LogP contribution in [-0.2, 0) is 11.8 Å². The highest BCUT2D eigenvalue weighted by Crippen LogP contribution is 2.33. The molecule has 0 amide bonds. The average molecular weight is 299 g/mol. The van der Waals surface area contributed by atoms with Crippen LogP contribution in [0.1, 0.15) is 36.9 Å². The molecule has 0 aliphatic heterocycles. The lowest BCUT2D eigenvalue weighted by molar-refractivity contribution is 0.566. The van der Waals surface area contributed by atoms with Crippen LogP contribution in [-0.4, -0.2) is 4.98 Å². The SMILES string of the molecule is CC(C)(C)c1nc(N)sc1Cc1cc(Cl)ccc1F. The number of thiazole rings is 1. The molecule has 0 unspecified atom stereocenters. The second-order valence-electron chi connectivity index (χ2n) is 5.49. The van der Waals surface area contributed by atoms with Crippen molar-refractivity contribution in [1.29, 1.82) is 0 Å². The van der Waals surface area contributed by atoms with Gasteiger partial charge in [-0.1, -0.05) is 32.4 Å². The van der Waals surface area contributed by atoms with E-state index in [2.05, 4.69) is 25.8 Å². The van der Waals surface area contributed by atoms with E-state index in [1.54, 1.807) is 12.1 Å². The van der Waals surface area contributed by atoms with Crippen LogP contribution in [0.15, 0.2) is 18.2 Å². The molecule has 0 saturated heterocycles. The Bertz CT molecular complexity index is 602. The minimum atomic E-state index is -0.253. The van der Waals surface area contributed by atoms with Crippen molar-refractivity contribution in [2.75, 3.05) is 5.73 Å². The molecule has 2 N–H and O–H groups in total. The summed E-state index contributed by atoms with van der Waals surface area (Å²) in [7, 11) is 0. The number of aromatic nitrogens is 1. The topological polar surface area (TPSA) is 38.9 Å². The Morgan fingerprint density at radius 2 is 2.05 bits per heavy atom. The number of hydrogen-bond donors (Lipinski definition) is 1. The molecule has 0 bridgehead atoms. The Morgan fingerprint density at radius 3 is 2.68 bits per heavy atom. The molecule has 2 nitrogen and oxygen atoms in total. The normalized spacial score (nSPS) is 11.8. The Morgan fingerprint density at radius 1 is 1.37 bits per heavy atom. The van der Waals surface area contributed by atoms with E-state index in [1.807, 2.05) is 0 Å². The molecule has 0 aliphatic carbocycles. The first-order valence-electron chi connectivity index (χ1n) is 5.97. The summed E-state index contributed by atoms with van der Waals surface area (Å²) in [5.41, 5.74) is 7.17. The van der Waals surface area contributed by atoms with E-state index in [9.17, 15) is 4.39 Å². The molecule has 0 fully saturated rings. The summed E-state index contributed by atoms with van der Waals surface area (Å²) in [6.07, 6.45) is 0.466. The zero-order valence-corrected chi connectivity index (χ0v) is 12.7. The second-order valence-corrected chi connectivity index (χ2v) is 7.04. The molecular formula is C14H16ClFN2S. The summed E-state index contributed by atoms with van der Waals surface area (Å²) in [4.78, 5) is 5.36. The van der Waals surface area contributed by atoms with Crippen LogP contribution in [0.25, 0.3) is 0 Å². The van der Waals surface area contributed by atoms with Gasteiger partial charge in [-0.3, -0.25) is 0 Å². The van der Waals surface area contributed by atoms with Crippen molar-refractivity contribution in [3.05, 3.63) is 45.2 Å². The molecular weight excluding hydrogens is 283 g/mol. The van der Waals surface area contributed by atoms with E-state index in [0.29, 0.717) is 22.1 Å². The minimum Gasteiger partial charge on any atom is -0.375 e. The maximum absolute atomic E-state index is 13.8. The molecule has 1 heterocycles. The van der Waals surface area contributed by atoms with Crippen molar-refractivity contribution >= 4 is 28.1 Å². The van der Waals surface area contributed by atoms with Crippen molar-refractivity contribution in [1.82, 2.24) is 4.98 Å². The Balaban J connectivity index is 2.41. The molecule has 0 aliphatic rings. The third kappa shape index (κ3) is 3.25. The Kier molecular flexibility index (Phi) is 3.83. The van der Waals surface area contributed by atoms with Crippen molar-refractivity contribution in [2.45, 2.75) is 32.6 Å². The summed E-state index contributed by atoms with van der Waals surface area (Å²) < 4.78 is 13.8. The van der Waals surface area contributed by atoms with Crippen molar-refractivity contribution < 1.29 is 4.39 Å². The molecule has 0 saturated carbocycles. The molecule has 0 atom stereocenters. The van der Waals surface area contributed by atoms with Gasteiger partial charge in [0.2, 0.25) is 0 Å². The number of hydrogen-bond acceptors (Lipinski definition) is 3. The predicted octanol–water partition coefficient (Wildman–Crippen LogP) is 4.41. The zero-order chi connectivity index (χ0) is 14.2. The van der Waals surface area contributed by atoms with E-state index in [0.717, 1.165) is 10.6 Å². The van der Waals surface area contributed by atoms with E-state index in [4.69, 9.17) is 17.3 Å².